The van der Waals surface area contributed by atoms with Crippen LogP contribution >= 0.6 is 0 Å². The Labute approximate surface area is 168 Å². The van der Waals surface area contributed by atoms with Crippen LogP contribution in [-0.4, -0.2) is 28.9 Å². The average molecular weight is 391 g/mol. The topological polar surface area (TPSA) is 105 Å². The number of benzene rings is 2. The Morgan fingerprint density at radius 3 is 2.52 bits per heavy atom. The fourth-order valence-corrected chi connectivity index (χ4v) is 2.67. The van der Waals surface area contributed by atoms with Gasteiger partial charge in [-0.2, -0.15) is 0 Å². The molecule has 0 saturated heterocycles. The lowest BCUT2D eigenvalue weighted by Gasteiger charge is -2.10. The molecule has 29 heavy (non-hydrogen) atoms. The molecule has 0 bridgehead atoms. The van der Waals surface area contributed by atoms with E-state index in [0.717, 1.165) is 11.3 Å². The van der Waals surface area contributed by atoms with Crippen LogP contribution in [-0.2, 0) is 11.3 Å². The minimum Gasteiger partial charge on any atom is -0.496 e. The van der Waals surface area contributed by atoms with Crippen LogP contribution in [0.4, 0.5) is 17.3 Å². The molecule has 0 saturated carbocycles. The van der Waals surface area contributed by atoms with Crippen molar-refractivity contribution in [2.75, 3.05) is 23.1 Å². The summed E-state index contributed by atoms with van der Waals surface area (Å²) in [7, 11) is 1.61. The SMILES string of the molecule is COc1ccccc1CNc1nccc(C(=O)Nc2cccc(NC(C)=O)c2)n1. The van der Waals surface area contributed by atoms with Gasteiger partial charge in [0.2, 0.25) is 11.9 Å². The molecule has 8 nitrogen and oxygen atoms in total. The van der Waals surface area contributed by atoms with Gasteiger partial charge in [0, 0.05) is 36.6 Å². The normalized spacial score (nSPS) is 10.1. The van der Waals surface area contributed by atoms with Gasteiger partial charge >= 0.3 is 0 Å². The van der Waals surface area contributed by atoms with E-state index >= 15 is 0 Å². The number of anilines is 3. The summed E-state index contributed by atoms with van der Waals surface area (Å²) in [6.07, 6.45) is 1.51. The van der Waals surface area contributed by atoms with Crippen molar-refractivity contribution in [2.45, 2.75) is 13.5 Å². The molecule has 3 rings (SSSR count). The van der Waals surface area contributed by atoms with E-state index in [1.54, 1.807) is 31.4 Å². The van der Waals surface area contributed by atoms with Crippen molar-refractivity contribution in [3.8, 4) is 5.75 Å². The van der Waals surface area contributed by atoms with E-state index in [4.69, 9.17) is 4.74 Å². The Morgan fingerprint density at radius 2 is 1.76 bits per heavy atom. The fraction of sp³-hybridized carbons (Fsp3) is 0.143. The molecule has 0 radical (unpaired) electrons. The van der Waals surface area contributed by atoms with Crippen molar-refractivity contribution in [1.82, 2.24) is 9.97 Å². The molecule has 2 amide bonds. The van der Waals surface area contributed by atoms with Crippen molar-refractivity contribution in [3.05, 3.63) is 72.1 Å². The molecule has 148 valence electrons. The molecule has 0 unspecified atom stereocenters. The van der Waals surface area contributed by atoms with Crippen LogP contribution in [0.2, 0.25) is 0 Å². The summed E-state index contributed by atoms with van der Waals surface area (Å²) in [5, 5.41) is 8.53. The average Bonchev–Trinajstić information content (AvgIpc) is 2.72. The highest BCUT2D eigenvalue weighted by Gasteiger charge is 2.10. The maximum Gasteiger partial charge on any atom is 0.274 e. The molecular weight excluding hydrogens is 370 g/mol. The summed E-state index contributed by atoms with van der Waals surface area (Å²) in [5.41, 5.74) is 2.30. The van der Waals surface area contributed by atoms with E-state index in [-0.39, 0.29) is 17.5 Å². The van der Waals surface area contributed by atoms with Crippen molar-refractivity contribution in [3.63, 3.8) is 0 Å². The number of carbonyl (C=O) groups excluding carboxylic acids is 2. The van der Waals surface area contributed by atoms with Crippen molar-refractivity contribution in [1.29, 1.82) is 0 Å². The zero-order valence-corrected chi connectivity index (χ0v) is 16.1. The lowest BCUT2D eigenvalue weighted by molar-refractivity contribution is -0.114. The van der Waals surface area contributed by atoms with Crippen molar-refractivity contribution >= 4 is 29.1 Å². The molecule has 0 atom stereocenters. The summed E-state index contributed by atoms with van der Waals surface area (Å²) >= 11 is 0. The molecule has 3 aromatic rings. The fourth-order valence-electron chi connectivity index (χ4n) is 2.67. The van der Waals surface area contributed by atoms with Crippen LogP contribution in [0.5, 0.6) is 5.75 Å². The number of carbonyl (C=O) groups is 2. The summed E-state index contributed by atoms with van der Waals surface area (Å²) in [4.78, 5) is 32.1. The molecule has 2 aromatic carbocycles. The zero-order valence-electron chi connectivity index (χ0n) is 16.1. The van der Waals surface area contributed by atoms with Gasteiger partial charge in [0.1, 0.15) is 11.4 Å². The van der Waals surface area contributed by atoms with Gasteiger partial charge in [-0.25, -0.2) is 9.97 Å². The Morgan fingerprint density at radius 1 is 1.00 bits per heavy atom. The van der Waals surface area contributed by atoms with Gasteiger partial charge < -0.3 is 20.7 Å². The van der Waals surface area contributed by atoms with Crippen LogP contribution in [0.25, 0.3) is 0 Å². The second-order valence-corrected chi connectivity index (χ2v) is 6.15. The number of nitrogens with one attached hydrogen (secondary N) is 3. The first-order valence-corrected chi connectivity index (χ1v) is 8.93. The predicted molar refractivity (Wildman–Crippen MR) is 111 cm³/mol. The molecule has 0 spiro atoms. The number of hydrogen-bond donors (Lipinski definition) is 3. The third kappa shape index (κ3) is 5.52. The van der Waals surface area contributed by atoms with Gasteiger partial charge in [-0.05, 0) is 30.3 Å². The molecule has 0 aliphatic carbocycles. The maximum absolute atomic E-state index is 12.5. The number of amides is 2. The minimum atomic E-state index is -0.382. The molecule has 0 aliphatic rings. The van der Waals surface area contributed by atoms with E-state index in [1.165, 1.54) is 19.2 Å². The number of methoxy groups -OCH3 is 1. The smallest absolute Gasteiger partial charge is 0.274 e. The molecule has 0 fully saturated rings. The number of aromatic nitrogens is 2. The summed E-state index contributed by atoms with van der Waals surface area (Å²) < 4.78 is 5.32. The predicted octanol–water partition coefficient (Wildman–Crippen LogP) is 3.31. The molecule has 1 aromatic heterocycles. The Kier molecular flexibility index (Phi) is 6.36. The van der Waals surface area contributed by atoms with E-state index in [1.807, 2.05) is 24.3 Å². The molecule has 0 aliphatic heterocycles. The quantitative estimate of drug-likeness (QED) is 0.571. The lowest BCUT2D eigenvalue weighted by atomic mass is 10.2. The highest BCUT2D eigenvalue weighted by atomic mass is 16.5. The molecule has 1 heterocycles. The third-order valence-corrected chi connectivity index (χ3v) is 3.96. The monoisotopic (exact) mass is 391 g/mol. The van der Waals surface area contributed by atoms with Crippen LogP contribution in [0.3, 0.4) is 0 Å². The summed E-state index contributed by atoms with van der Waals surface area (Å²) in [5.74, 6) is 0.520. The van der Waals surface area contributed by atoms with Gasteiger partial charge in [0.15, 0.2) is 0 Å². The number of para-hydroxylation sites is 1. The molecular formula is C21H21N5O3. The first-order valence-electron chi connectivity index (χ1n) is 8.93. The van der Waals surface area contributed by atoms with Gasteiger partial charge in [-0.15, -0.1) is 0 Å². The zero-order chi connectivity index (χ0) is 20.6. The van der Waals surface area contributed by atoms with Crippen LogP contribution in [0.1, 0.15) is 23.0 Å². The number of hydrogen-bond acceptors (Lipinski definition) is 6. The Bertz CT molecular complexity index is 1020. The summed E-state index contributed by atoms with van der Waals surface area (Å²) in [6, 6.07) is 16.0. The van der Waals surface area contributed by atoms with Crippen molar-refractivity contribution in [2.24, 2.45) is 0 Å². The minimum absolute atomic E-state index is 0.185. The standard InChI is InChI=1S/C21H21N5O3/c1-14(27)24-16-7-5-8-17(12-16)25-20(28)18-10-11-22-21(26-18)23-13-15-6-3-4-9-19(15)29-2/h3-12H,13H2,1-2H3,(H,24,27)(H,25,28)(H,22,23,26). The lowest BCUT2D eigenvalue weighted by Crippen LogP contribution is -2.15. The third-order valence-electron chi connectivity index (χ3n) is 3.96. The maximum atomic E-state index is 12.5. The van der Waals surface area contributed by atoms with E-state index < -0.39 is 0 Å². The molecule has 8 heteroatoms. The van der Waals surface area contributed by atoms with Gasteiger partial charge in [-0.1, -0.05) is 24.3 Å². The Balaban J connectivity index is 1.67. The summed E-state index contributed by atoms with van der Waals surface area (Å²) in [6.45, 7) is 1.87. The van der Waals surface area contributed by atoms with Gasteiger partial charge in [0.25, 0.3) is 5.91 Å². The Hall–Kier alpha value is -3.94. The highest BCUT2D eigenvalue weighted by molar-refractivity contribution is 6.03. The number of ether oxygens (including phenoxy) is 1. The van der Waals surface area contributed by atoms with Crippen LogP contribution in [0.15, 0.2) is 60.8 Å². The first-order chi connectivity index (χ1) is 14.0. The second-order valence-electron chi connectivity index (χ2n) is 6.15. The van der Waals surface area contributed by atoms with E-state index in [2.05, 4.69) is 25.9 Å². The van der Waals surface area contributed by atoms with Crippen LogP contribution in [0, 0.1) is 0 Å². The van der Waals surface area contributed by atoms with E-state index in [0.29, 0.717) is 23.9 Å². The first kappa shape index (κ1) is 19.8. The highest BCUT2D eigenvalue weighted by Crippen LogP contribution is 2.18. The van der Waals surface area contributed by atoms with Crippen LogP contribution < -0.4 is 20.7 Å². The second kappa shape index (κ2) is 9.32. The molecule has 3 N–H and O–H groups in total. The van der Waals surface area contributed by atoms with Crippen molar-refractivity contribution < 1.29 is 14.3 Å². The van der Waals surface area contributed by atoms with Gasteiger partial charge in [-0.3, -0.25) is 9.59 Å². The van der Waals surface area contributed by atoms with E-state index in [9.17, 15) is 9.59 Å². The number of rotatable bonds is 7. The van der Waals surface area contributed by atoms with Gasteiger partial charge in [0.05, 0.1) is 7.11 Å². The number of nitrogens with zero attached hydrogens (tertiary/aromatic N) is 2. The largest absolute Gasteiger partial charge is 0.496 e.